The molecule has 0 amide bonds. The van der Waals surface area contributed by atoms with Gasteiger partial charge < -0.3 is 20.3 Å². The number of hydrogen-bond donors (Lipinski definition) is 2. The fourth-order valence-electron chi connectivity index (χ4n) is 6.15. The van der Waals surface area contributed by atoms with Crippen LogP contribution in [0.2, 0.25) is 0 Å². The van der Waals surface area contributed by atoms with Crippen molar-refractivity contribution in [1.29, 1.82) is 0 Å². The molecule has 9 heteroatoms. The third-order valence-electron chi connectivity index (χ3n) is 7.72. The lowest BCUT2D eigenvalue weighted by molar-refractivity contribution is -0.121. The zero-order valence-electron chi connectivity index (χ0n) is 19.6. The third kappa shape index (κ3) is 4.12. The van der Waals surface area contributed by atoms with Crippen LogP contribution in [0.25, 0.3) is 0 Å². The fraction of sp³-hybridized carbons (Fsp3) is 0.708. The number of ether oxygens (including phenoxy) is 1. The summed E-state index contributed by atoms with van der Waals surface area (Å²) < 4.78 is 5.63. The Morgan fingerprint density at radius 2 is 2.03 bits per heavy atom. The van der Waals surface area contributed by atoms with E-state index in [0.717, 1.165) is 64.7 Å². The second-order valence-corrected chi connectivity index (χ2v) is 10.7. The minimum atomic E-state index is 0.191. The molecule has 5 heterocycles. The number of hydrogen-bond acceptors (Lipinski definition) is 9. The van der Waals surface area contributed by atoms with Crippen molar-refractivity contribution in [3.8, 4) is 0 Å². The van der Waals surface area contributed by atoms with E-state index in [1.54, 1.807) is 0 Å². The molecule has 0 radical (unpaired) electrons. The van der Waals surface area contributed by atoms with Gasteiger partial charge in [-0.1, -0.05) is 18.2 Å². The first-order valence-electron chi connectivity index (χ1n) is 12.7. The largest absolute Gasteiger partial charge is 0.379 e. The molecule has 8 nitrogen and oxygen atoms in total. The van der Waals surface area contributed by atoms with Gasteiger partial charge in [0.05, 0.1) is 36.8 Å². The van der Waals surface area contributed by atoms with Crippen LogP contribution in [-0.2, 0) is 9.57 Å². The van der Waals surface area contributed by atoms with Gasteiger partial charge in [0.15, 0.2) is 0 Å². The Bertz CT molecular complexity index is 874. The molecular formula is C24H36N6O2S. The Labute approximate surface area is 201 Å². The van der Waals surface area contributed by atoms with Gasteiger partial charge in [-0.25, -0.2) is 10.1 Å². The van der Waals surface area contributed by atoms with Gasteiger partial charge >= 0.3 is 0 Å². The normalized spacial score (nSPS) is 32.8. The molecule has 3 unspecified atom stereocenters. The van der Waals surface area contributed by atoms with Crippen LogP contribution in [0.5, 0.6) is 0 Å². The zero-order valence-corrected chi connectivity index (χ0v) is 20.4. The maximum atomic E-state index is 6.21. The zero-order chi connectivity index (χ0) is 22.2. The topological polar surface area (TPSA) is 64.6 Å². The van der Waals surface area contributed by atoms with E-state index in [-0.39, 0.29) is 5.37 Å². The summed E-state index contributed by atoms with van der Waals surface area (Å²) in [5, 5.41) is 9.37. The predicted molar refractivity (Wildman–Crippen MR) is 131 cm³/mol. The summed E-state index contributed by atoms with van der Waals surface area (Å²) in [5.74, 6) is 1.62. The molecule has 3 fully saturated rings. The average molecular weight is 473 g/mol. The quantitative estimate of drug-likeness (QED) is 0.645. The summed E-state index contributed by atoms with van der Waals surface area (Å²) in [6, 6.07) is 0.608. The monoisotopic (exact) mass is 472 g/mol. The van der Waals surface area contributed by atoms with Gasteiger partial charge in [0.1, 0.15) is 11.2 Å². The van der Waals surface area contributed by atoms with E-state index >= 15 is 0 Å². The highest BCUT2D eigenvalue weighted by Gasteiger charge is 2.46. The van der Waals surface area contributed by atoms with Crippen molar-refractivity contribution >= 4 is 18.1 Å². The molecule has 2 saturated heterocycles. The maximum Gasteiger partial charge on any atom is 0.146 e. The van der Waals surface area contributed by atoms with Gasteiger partial charge in [-0.2, -0.15) is 0 Å². The number of rotatable bonds is 4. The van der Waals surface area contributed by atoms with E-state index in [2.05, 4.69) is 38.6 Å². The predicted octanol–water partition coefficient (Wildman–Crippen LogP) is 2.06. The van der Waals surface area contributed by atoms with Crippen LogP contribution < -0.4 is 10.6 Å². The Kier molecular flexibility index (Phi) is 6.41. The van der Waals surface area contributed by atoms with E-state index in [9.17, 15) is 0 Å². The van der Waals surface area contributed by atoms with Crippen molar-refractivity contribution in [1.82, 2.24) is 25.5 Å². The highest BCUT2D eigenvalue weighted by Crippen LogP contribution is 2.54. The highest BCUT2D eigenvalue weighted by atomic mass is 32.2. The number of nitrogens with one attached hydrogen (secondary N) is 2. The van der Waals surface area contributed by atoms with Gasteiger partial charge in [0, 0.05) is 57.4 Å². The molecule has 33 heavy (non-hydrogen) atoms. The molecule has 0 bridgehead atoms. The molecule has 1 aliphatic carbocycles. The third-order valence-corrected chi connectivity index (χ3v) is 9.02. The molecular weight excluding hydrogens is 436 g/mol. The molecule has 5 aliphatic heterocycles. The molecule has 3 atom stereocenters. The fourth-order valence-corrected chi connectivity index (χ4v) is 7.59. The highest BCUT2D eigenvalue weighted by molar-refractivity contribution is 8.04. The molecule has 2 N–H and O–H groups in total. The second-order valence-electron chi connectivity index (χ2n) is 9.56. The molecule has 0 aromatic carbocycles. The molecule has 6 rings (SSSR count). The summed E-state index contributed by atoms with van der Waals surface area (Å²) >= 11 is 1.92. The molecule has 6 aliphatic rings. The molecule has 180 valence electrons. The lowest BCUT2D eigenvalue weighted by Gasteiger charge is -2.39. The van der Waals surface area contributed by atoms with Crippen LogP contribution in [0.15, 0.2) is 38.8 Å². The number of thioether (sulfide) groups is 1. The maximum absolute atomic E-state index is 6.21. The summed E-state index contributed by atoms with van der Waals surface area (Å²) in [6.07, 6.45) is 9.13. The van der Waals surface area contributed by atoms with Crippen molar-refractivity contribution in [2.75, 3.05) is 59.1 Å². The number of fused-ring (bicyclic) bond motifs is 4. The molecule has 1 saturated carbocycles. The Morgan fingerprint density at radius 1 is 1.18 bits per heavy atom. The Balaban J connectivity index is 1.35. The van der Waals surface area contributed by atoms with Gasteiger partial charge in [0.25, 0.3) is 0 Å². The van der Waals surface area contributed by atoms with Crippen LogP contribution in [-0.4, -0.2) is 91.7 Å². The van der Waals surface area contributed by atoms with Crippen molar-refractivity contribution in [2.45, 2.75) is 44.0 Å². The number of morpholine rings is 1. The van der Waals surface area contributed by atoms with Crippen molar-refractivity contribution in [3.05, 3.63) is 33.8 Å². The van der Waals surface area contributed by atoms with Crippen LogP contribution in [0, 0.1) is 5.92 Å². The van der Waals surface area contributed by atoms with Crippen LogP contribution >= 0.6 is 11.8 Å². The van der Waals surface area contributed by atoms with Gasteiger partial charge in [-0.15, -0.1) is 0 Å². The Hall–Kier alpha value is -1.52. The van der Waals surface area contributed by atoms with Crippen molar-refractivity contribution < 1.29 is 9.57 Å². The summed E-state index contributed by atoms with van der Waals surface area (Å²) in [5.41, 5.74) is 4.33. The summed E-state index contributed by atoms with van der Waals surface area (Å²) in [7, 11) is 0. The second kappa shape index (κ2) is 9.62. The summed E-state index contributed by atoms with van der Waals surface area (Å²) in [6.45, 7) is 10.7. The van der Waals surface area contributed by atoms with Crippen LogP contribution in [0.4, 0.5) is 0 Å². The number of aliphatic imine (C=N–C) groups is 1. The number of piperazine rings is 1. The lowest BCUT2D eigenvalue weighted by atomic mass is 9.83. The van der Waals surface area contributed by atoms with Crippen molar-refractivity contribution in [3.63, 3.8) is 0 Å². The first-order valence-corrected chi connectivity index (χ1v) is 13.5. The molecule has 0 spiro atoms. The minimum Gasteiger partial charge on any atom is -0.379 e. The van der Waals surface area contributed by atoms with E-state index in [1.165, 1.54) is 41.0 Å². The van der Waals surface area contributed by atoms with E-state index in [4.69, 9.17) is 14.6 Å². The molecule has 0 aromatic heterocycles. The van der Waals surface area contributed by atoms with E-state index in [1.807, 2.05) is 18.1 Å². The minimum absolute atomic E-state index is 0.191. The number of nitrogens with zero attached hydrogens (tertiary/aromatic N) is 4. The SMILES string of the molecule is CCON1C=C2CC(N3CCOCC3)CCCC2C2=C3NC=NC(N4CCNCC4)=C3SC21. The first kappa shape index (κ1) is 22.0. The molecule has 0 aromatic rings. The number of hydroxylamine groups is 2. The van der Waals surface area contributed by atoms with Crippen LogP contribution in [0.1, 0.15) is 32.6 Å². The lowest BCUT2D eigenvalue weighted by Crippen LogP contribution is -2.44. The van der Waals surface area contributed by atoms with E-state index < -0.39 is 0 Å². The van der Waals surface area contributed by atoms with E-state index in [0.29, 0.717) is 18.6 Å². The first-order chi connectivity index (χ1) is 16.3. The summed E-state index contributed by atoms with van der Waals surface area (Å²) in [4.78, 5) is 17.4. The van der Waals surface area contributed by atoms with Crippen LogP contribution in [0.3, 0.4) is 0 Å². The van der Waals surface area contributed by atoms with Gasteiger partial charge in [-0.3, -0.25) is 9.74 Å². The Morgan fingerprint density at radius 3 is 2.85 bits per heavy atom. The standard InChI is InChI=1S/C24H36N6O2S/c1-2-32-30-15-17-14-18(28-10-12-31-13-11-28)4-3-5-19(17)20-21-22(33-24(20)30)23(27-16-26-21)29-8-6-25-7-9-29/h15-16,18-19,24-25H,2-14H2,1H3,(H,26,27). The van der Waals surface area contributed by atoms with Gasteiger partial charge in [-0.05, 0) is 37.3 Å². The van der Waals surface area contributed by atoms with Crippen molar-refractivity contribution in [2.24, 2.45) is 10.9 Å². The smallest absolute Gasteiger partial charge is 0.146 e. The van der Waals surface area contributed by atoms with Gasteiger partial charge in [0.2, 0.25) is 0 Å². The average Bonchev–Trinajstić information content (AvgIpc) is 3.13.